The van der Waals surface area contributed by atoms with Gasteiger partial charge >= 0.3 is 5.97 Å². The van der Waals surface area contributed by atoms with E-state index >= 15 is 0 Å². The van der Waals surface area contributed by atoms with E-state index in [1.54, 1.807) is 30.3 Å². The molecule has 0 aromatic heterocycles. The van der Waals surface area contributed by atoms with Gasteiger partial charge in [-0.25, -0.2) is 18.4 Å². The Morgan fingerprint density at radius 2 is 1.47 bits per heavy atom. The molecule has 0 radical (unpaired) electrons. The molecule has 0 aliphatic carbocycles. The zero-order chi connectivity index (χ0) is 24.9. The van der Waals surface area contributed by atoms with Gasteiger partial charge in [-0.3, -0.25) is 9.59 Å². The van der Waals surface area contributed by atoms with Gasteiger partial charge in [0.05, 0.1) is 10.5 Å². The molecule has 0 spiro atoms. The minimum atomic E-state index is -3.84. The molecule has 0 saturated heterocycles. The van der Waals surface area contributed by atoms with Crippen molar-refractivity contribution in [2.75, 3.05) is 10.6 Å². The minimum Gasteiger partial charge on any atom is -0.449 e. The smallest absolute Gasteiger partial charge is 0.338 e. The number of carbonyl (C=O) groups is 3. The number of benzene rings is 3. The van der Waals surface area contributed by atoms with Gasteiger partial charge in [0.2, 0.25) is 10.0 Å². The predicted octanol–water partition coefficient (Wildman–Crippen LogP) is 3.53. The van der Waals surface area contributed by atoms with Crippen molar-refractivity contribution in [3.05, 3.63) is 88.4 Å². The van der Waals surface area contributed by atoms with Crippen LogP contribution in [0.4, 0.5) is 11.4 Å². The number of carbonyl (C=O) groups excluding carboxylic acids is 3. The molecule has 0 aliphatic heterocycles. The molecule has 1 unspecified atom stereocenters. The number of hydrogen-bond acceptors (Lipinski definition) is 6. The van der Waals surface area contributed by atoms with Gasteiger partial charge in [-0.2, -0.15) is 0 Å². The molecular weight excluding hydrogens is 526 g/mol. The lowest BCUT2D eigenvalue weighted by molar-refractivity contribution is -0.123. The maximum atomic E-state index is 12.4. The summed E-state index contributed by atoms with van der Waals surface area (Å²) in [4.78, 5) is 36.9. The maximum absolute atomic E-state index is 12.4. The Hall–Kier alpha value is -3.54. The third-order valence-electron chi connectivity index (χ3n) is 4.57. The quantitative estimate of drug-likeness (QED) is 0.387. The number of hydrogen-bond donors (Lipinski definition) is 3. The highest BCUT2D eigenvalue weighted by molar-refractivity contribution is 9.10. The fraction of sp³-hybridized carbons (Fsp3) is 0.0870. The summed E-state index contributed by atoms with van der Waals surface area (Å²) < 4.78 is 28.6. The zero-order valence-electron chi connectivity index (χ0n) is 17.8. The van der Waals surface area contributed by atoms with Gasteiger partial charge in [0.1, 0.15) is 0 Å². The van der Waals surface area contributed by atoms with E-state index in [9.17, 15) is 22.8 Å². The second kappa shape index (κ2) is 10.6. The van der Waals surface area contributed by atoms with E-state index in [4.69, 9.17) is 9.88 Å². The molecule has 0 saturated carbocycles. The summed E-state index contributed by atoms with van der Waals surface area (Å²) in [5.74, 6) is -1.63. The van der Waals surface area contributed by atoms with E-state index in [0.29, 0.717) is 16.9 Å². The first-order valence-corrected chi connectivity index (χ1v) is 12.2. The van der Waals surface area contributed by atoms with Crippen LogP contribution in [0.15, 0.2) is 82.2 Å². The average Bonchev–Trinajstić information content (AvgIpc) is 2.79. The summed E-state index contributed by atoms with van der Waals surface area (Å²) in [6.45, 7) is 1.40. The number of sulfonamides is 1. The molecule has 34 heavy (non-hydrogen) atoms. The molecule has 2 amide bonds. The summed E-state index contributed by atoms with van der Waals surface area (Å²) in [6, 6.07) is 18.2. The fourth-order valence-corrected chi connectivity index (χ4v) is 3.69. The Morgan fingerprint density at radius 3 is 2.06 bits per heavy atom. The molecule has 3 aromatic carbocycles. The first-order valence-electron chi connectivity index (χ1n) is 9.84. The number of esters is 1. The molecule has 0 heterocycles. The van der Waals surface area contributed by atoms with Crippen molar-refractivity contribution < 1.29 is 27.5 Å². The maximum Gasteiger partial charge on any atom is 0.338 e. The number of nitrogens with two attached hydrogens (primary N) is 1. The lowest BCUT2D eigenvalue weighted by Gasteiger charge is -2.14. The van der Waals surface area contributed by atoms with Crippen LogP contribution < -0.4 is 15.8 Å². The van der Waals surface area contributed by atoms with Gasteiger partial charge < -0.3 is 15.4 Å². The Kier molecular flexibility index (Phi) is 7.82. The molecule has 4 N–H and O–H groups in total. The van der Waals surface area contributed by atoms with Gasteiger partial charge in [0.25, 0.3) is 11.8 Å². The van der Waals surface area contributed by atoms with Crippen LogP contribution in [0.3, 0.4) is 0 Å². The SMILES string of the molecule is CC(OC(=O)c1ccc(NC(=O)c2cccc(Br)c2)cc1)C(=O)Nc1ccc(S(N)(=O)=O)cc1. The van der Waals surface area contributed by atoms with Crippen LogP contribution >= 0.6 is 15.9 Å². The third kappa shape index (κ3) is 6.73. The summed E-state index contributed by atoms with van der Waals surface area (Å²) in [5, 5.41) is 10.3. The highest BCUT2D eigenvalue weighted by atomic mass is 79.9. The summed E-state index contributed by atoms with van der Waals surface area (Å²) in [6.07, 6.45) is -1.12. The molecule has 3 rings (SSSR count). The summed E-state index contributed by atoms with van der Waals surface area (Å²) in [7, 11) is -3.84. The summed E-state index contributed by atoms with van der Waals surface area (Å²) >= 11 is 3.31. The van der Waals surface area contributed by atoms with E-state index in [0.717, 1.165) is 4.47 Å². The number of halogens is 1. The van der Waals surface area contributed by atoms with Crippen molar-refractivity contribution in [1.82, 2.24) is 0 Å². The van der Waals surface area contributed by atoms with Crippen LogP contribution in [0.1, 0.15) is 27.6 Å². The Morgan fingerprint density at radius 1 is 0.882 bits per heavy atom. The van der Waals surface area contributed by atoms with Crippen molar-refractivity contribution >= 4 is 55.1 Å². The predicted molar refractivity (Wildman–Crippen MR) is 130 cm³/mol. The standard InChI is InChI=1S/C23H20BrN3O6S/c1-14(21(28)26-19-9-11-20(12-10-19)34(25,31)32)33-23(30)15-5-7-18(8-6-15)27-22(29)16-3-2-4-17(24)13-16/h2-14H,1H3,(H,26,28)(H,27,29)(H2,25,31,32). The molecular formula is C23H20BrN3O6S. The Labute approximate surface area is 204 Å². The highest BCUT2D eigenvalue weighted by Crippen LogP contribution is 2.17. The highest BCUT2D eigenvalue weighted by Gasteiger charge is 2.19. The van der Waals surface area contributed by atoms with Crippen molar-refractivity contribution in [1.29, 1.82) is 0 Å². The number of anilines is 2. The fourth-order valence-electron chi connectivity index (χ4n) is 2.78. The van der Waals surface area contributed by atoms with Gasteiger partial charge in [-0.15, -0.1) is 0 Å². The van der Waals surface area contributed by atoms with E-state index in [-0.39, 0.29) is 16.4 Å². The second-order valence-corrected chi connectivity index (χ2v) is 9.63. The number of rotatable bonds is 7. The average molecular weight is 546 g/mol. The topological polar surface area (TPSA) is 145 Å². The molecule has 3 aromatic rings. The van der Waals surface area contributed by atoms with Crippen molar-refractivity contribution in [3.63, 3.8) is 0 Å². The van der Waals surface area contributed by atoms with Crippen LogP contribution in [-0.2, 0) is 19.6 Å². The number of amides is 2. The second-order valence-electron chi connectivity index (χ2n) is 7.15. The minimum absolute atomic E-state index is 0.0961. The summed E-state index contributed by atoms with van der Waals surface area (Å²) in [5.41, 5.74) is 1.45. The number of primary sulfonamides is 1. The Balaban J connectivity index is 1.56. The largest absolute Gasteiger partial charge is 0.449 e. The number of nitrogens with one attached hydrogen (secondary N) is 2. The van der Waals surface area contributed by atoms with Gasteiger partial charge in [-0.1, -0.05) is 22.0 Å². The molecule has 11 heteroatoms. The monoisotopic (exact) mass is 545 g/mol. The van der Waals surface area contributed by atoms with Crippen LogP contribution in [-0.4, -0.2) is 32.3 Å². The van der Waals surface area contributed by atoms with Crippen LogP contribution in [0, 0.1) is 0 Å². The first-order chi connectivity index (χ1) is 16.0. The Bertz CT molecular complexity index is 1330. The third-order valence-corrected chi connectivity index (χ3v) is 5.99. The molecule has 0 aliphatic rings. The van der Waals surface area contributed by atoms with Crippen molar-refractivity contribution in [2.45, 2.75) is 17.9 Å². The number of ether oxygens (including phenoxy) is 1. The van der Waals surface area contributed by atoms with E-state index < -0.39 is 28.0 Å². The van der Waals surface area contributed by atoms with E-state index in [1.807, 2.05) is 6.07 Å². The van der Waals surface area contributed by atoms with Crippen LogP contribution in [0.2, 0.25) is 0 Å². The molecule has 1 atom stereocenters. The lowest BCUT2D eigenvalue weighted by atomic mass is 10.2. The van der Waals surface area contributed by atoms with Gasteiger partial charge in [0.15, 0.2) is 6.10 Å². The van der Waals surface area contributed by atoms with Gasteiger partial charge in [0, 0.05) is 21.4 Å². The van der Waals surface area contributed by atoms with E-state index in [2.05, 4.69) is 26.6 Å². The molecule has 0 fully saturated rings. The van der Waals surface area contributed by atoms with Crippen molar-refractivity contribution in [3.8, 4) is 0 Å². The molecule has 0 bridgehead atoms. The molecule has 176 valence electrons. The zero-order valence-corrected chi connectivity index (χ0v) is 20.2. The van der Waals surface area contributed by atoms with Crippen molar-refractivity contribution in [2.24, 2.45) is 5.14 Å². The van der Waals surface area contributed by atoms with Gasteiger partial charge in [-0.05, 0) is 73.7 Å². The van der Waals surface area contributed by atoms with Crippen LogP contribution in [0.25, 0.3) is 0 Å². The first kappa shape index (κ1) is 25.1. The molecule has 9 nitrogen and oxygen atoms in total. The van der Waals surface area contributed by atoms with E-state index in [1.165, 1.54) is 43.3 Å². The van der Waals surface area contributed by atoms with Crippen LogP contribution in [0.5, 0.6) is 0 Å². The lowest BCUT2D eigenvalue weighted by Crippen LogP contribution is -2.30. The normalized spacial score (nSPS) is 11.9.